The van der Waals surface area contributed by atoms with Crippen molar-refractivity contribution in [1.29, 1.82) is 0 Å². The van der Waals surface area contributed by atoms with Crippen molar-refractivity contribution < 1.29 is 27.9 Å². The number of hydrogen-bond donors (Lipinski definition) is 1. The molecule has 2 atom stereocenters. The van der Waals surface area contributed by atoms with Crippen LogP contribution >= 0.6 is 0 Å². The van der Waals surface area contributed by atoms with Gasteiger partial charge in [0, 0.05) is 13.1 Å². The van der Waals surface area contributed by atoms with E-state index in [4.69, 9.17) is 5.11 Å². The van der Waals surface area contributed by atoms with Gasteiger partial charge in [0.05, 0.1) is 12.5 Å². The van der Waals surface area contributed by atoms with Gasteiger partial charge in [-0.3, -0.25) is 9.69 Å². The molecule has 0 saturated carbocycles. The molecule has 5 nitrogen and oxygen atoms in total. The van der Waals surface area contributed by atoms with E-state index in [2.05, 4.69) is 0 Å². The lowest BCUT2D eigenvalue weighted by Gasteiger charge is -2.35. The summed E-state index contributed by atoms with van der Waals surface area (Å²) in [6, 6.07) is -0.824. The van der Waals surface area contributed by atoms with Crippen molar-refractivity contribution in [2.45, 2.75) is 37.9 Å². The number of likely N-dealkylation sites (tertiary alicyclic amines) is 2. The van der Waals surface area contributed by atoms with Crippen LogP contribution in [0.25, 0.3) is 0 Å². The fourth-order valence-corrected chi connectivity index (χ4v) is 3.18. The van der Waals surface area contributed by atoms with Crippen molar-refractivity contribution in [1.82, 2.24) is 9.80 Å². The zero-order chi connectivity index (χ0) is 15.6. The van der Waals surface area contributed by atoms with E-state index < -0.39 is 30.7 Å². The first-order valence-corrected chi connectivity index (χ1v) is 7.10. The summed E-state index contributed by atoms with van der Waals surface area (Å²) in [5.41, 5.74) is 0. The first-order chi connectivity index (χ1) is 9.78. The van der Waals surface area contributed by atoms with Gasteiger partial charge in [-0.25, -0.2) is 4.79 Å². The van der Waals surface area contributed by atoms with E-state index in [1.165, 1.54) is 9.80 Å². The highest BCUT2D eigenvalue weighted by molar-refractivity contribution is 5.85. The molecule has 2 aliphatic heterocycles. The minimum absolute atomic E-state index is 0.0567. The Morgan fingerprint density at radius 2 is 1.81 bits per heavy atom. The molecule has 120 valence electrons. The Morgan fingerprint density at radius 1 is 1.14 bits per heavy atom. The van der Waals surface area contributed by atoms with Crippen LogP contribution in [0.1, 0.15) is 25.7 Å². The third-order valence-corrected chi connectivity index (χ3v) is 4.08. The number of piperidine rings is 1. The number of amides is 1. The number of carboxylic acid groups (broad SMARTS) is 1. The van der Waals surface area contributed by atoms with Gasteiger partial charge in [-0.1, -0.05) is 0 Å². The largest absolute Gasteiger partial charge is 0.480 e. The highest BCUT2D eigenvalue weighted by atomic mass is 19.4. The van der Waals surface area contributed by atoms with Crippen molar-refractivity contribution >= 4 is 11.9 Å². The van der Waals surface area contributed by atoms with Gasteiger partial charge in [-0.2, -0.15) is 13.2 Å². The van der Waals surface area contributed by atoms with Gasteiger partial charge >= 0.3 is 12.1 Å². The smallest absolute Gasteiger partial charge is 0.401 e. The van der Waals surface area contributed by atoms with Crippen LogP contribution in [0.5, 0.6) is 0 Å². The highest BCUT2D eigenvalue weighted by Gasteiger charge is 2.40. The average molecular weight is 308 g/mol. The van der Waals surface area contributed by atoms with Crippen LogP contribution in [-0.2, 0) is 9.59 Å². The average Bonchev–Trinajstić information content (AvgIpc) is 2.85. The summed E-state index contributed by atoms with van der Waals surface area (Å²) in [4.78, 5) is 26.0. The van der Waals surface area contributed by atoms with Gasteiger partial charge in [0.15, 0.2) is 0 Å². The van der Waals surface area contributed by atoms with Crippen molar-refractivity contribution in [3.05, 3.63) is 0 Å². The van der Waals surface area contributed by atoms with E-state index in [0.717, 1.165) is 0 Å². The topological polar surface area (TPSA) is 60.9 Å². The third-order valence-electron chi connectivity index (χ3n) is 4.08. The normalized spacial score (nSPS) is 27.9. The molecule has 0 aromatic rings. The number of halogens is 3. The Kier molecular flexibility index (Phi) is 4.75. The van der Waals surface area contributed by atoms with Crippen molar-refractivity contribution in [2.75, 3.05) is 26.2 Å². The molecule has 2 aliphatic rings. The fraction of sp³-hybridized carbons (Fsp3) is 0.846. The van der Waals surface area contributed by atoms with Gasteiger partial charge in [0.2, 0.25) is 5.91 Å². The summed E-state index contributed by atoms with van der Waals surface area (Å²) in [5, 5.41) is 9.08. The molecular weight excluding hydrogens is 289 g/mol. The Labute approximate surface area is 120 Å². The molecule has 1 amide bonds. The molecular formula is C13H19F3N2O3. The molecule has 2 saturated heterocycles. The second kappa shape index (κ2) is 6.21. The number of nitrogens with zero attached hydrogens (tertiary/aromatic N) is 2. The summed E-state index contributed by atoms with van der Waals surface area (Å²) in [6.07, 6.45) is -2.18. The lowest BCUT2D eigenvalue weighted by molar-refractivity contribution is -0.157. The van der Waals surface area contributed by atoms with Gasteiger partial charge < -0.3 is 10.0 Å². The molecule has 8 heteroatoms. The maximum absolute atomic E-state index is 12.4. The van der Waals surface area contributed by atoms with E-state index >= 15 is 0 Å². The molecule has 2 heterocycles. The molecule has 0 aromatic heterocycles. The molecule has 0 spiro atoms. The predicted molar refractivity (Wildman–Crippen MR) is 67.6 cm³/mol. The minimum atomic E-state index is -4.28. The number of alkyl halides is 3. The zero-order valence-corrected chi connectivity index (χ0v) is 11.6. The van der Waals surface area contributed by atoms with Crippen LogP contribution in [-0.4, -0.2) is 65.2 Å². The summed E-state index contributed by atoms with van der Waals surface area (Å²) in [5.74, 6) is -1.88. The maximum Gasteiger partial charge on any atom is 0.401 e. The summed E-state index contributed by atoms with van der Waals surface area (Å²) < 4.78 is 37.3. The molecule has 0 bridgehead atoms. The molecule has 0 aliphatic carbocycles. The van der Waals surface area contributed by atoms with Crippen molar-refractivity contribution in [3.8, 4) is 0 Å². The Morgan fingerprint density at radius 3 is 2.43 bits per heavy atom. The number of aliphatic carboxylic acids is 1. The maximum atomic E-state index is 12.4. The third kappa shape index (κ3) is 4.09. The summed E-state index contributed by atoms with van der Waals surface area (Å²) in [7, 11) is 0. The summed E-state index contributed by atoms with van der Waals surface area (Å²) in [6.45, 7) is -0.252. The molecule has 21 heavy (non-hydrogen) atoms. The number of carbonyl (C=O) groups is 2. The van der Waals surface area contributed by atoms with E-state index in [0.29, 0.717) is 38.8 Å². The Balaban J connectivity index is 1.97. The van der Waals surface area contributed by atoms with E-state index in [1.54, 1.807) is 0 Å². The molecule has 0 radical (unpaired) electrons. The second-order valence-corrected chi connectivity index (χ2v) is 5.72. The van der Waals surface area contributed by atoms with Crippen LogP contribution < -0.4 is 0 Å². The number of carboxylic acids is 1. The molecule has 0 aromatic carbocycles. The van der Waals surface area contributed by atoms with Crippen LogP contribution in [0.2, 0.25) is 0 Å². The number of rotatable bonds is 3. The molecule has 2 fully saturated rings. The summed E-state index contributed by atoms with van der Waals surface area (Å²) >= 11 is 0. The first-order valence-electron chi connectivity index (χ1n) is 7.10. The predicted octanol–water partition coefficient (Wildman–Crippen LogP) is 1.34. The van der Waals surface area contributed by atoms with Crippen LogP contribution in [0, 0.1) is 5.92 Å². The second-order valence-electron chi connectivity index (χ2n) is 5.72. The first kappa shape index (κ1) is 16.1. The van der Waals surface area contributed by atoms with Gasteiger partial charge in [0.25, 0.3) is 0 Å². The minimum Gasteiger partial charge on any atom is -0.480 e. The lowest BCUT2D eigenvalue weighted by Crippen LogP contribution is -2.49. The highest BCUT2D eigenvalue weighted by Crippen LogP contribution is 2.26. The van der Waals surface area contributed by atoms with Crippen LogP contribution in [0.3, 0.4) is 0 Å². The fourth-order valence-electron chi connectivity index (χ4n) is 3.18. The molecule has 1 unspecified atom stereocenters. The van der Waals surface area contributed by atoms with Gasteiger partial charge in [-0.15, -0.1) is 0 Å². The monoisotopic (exact) mass is 308 g/mol. The lowest BCUT2D eigenvalue weighted by atomic mass is 9.96. The van der Waals surface area contributed by atoms with E-state index in [-0.39, 0.29) is 12.5 Å². The Bertz CT molecular complexity index is 414. The van der Waals surface area contributed by atoms with Gasteiger partial charge in [0.1, 0.15) is 6.04 Å². The van der Waals surface area contributed by atoms with Crippen molar-refractivity contribution in [2.24, 2.45) is 5.92 Å². The van der Waals surface area contributed by atoms with Crippen molar-refractivity contribution in [3.63, 3.8) is 0 Å². The SMILES string of the molecule is O=C(O)[C@H]1CCCN1C(=O)C1CCCN(CC(F)(F)F)C1. The number of hydrogen-bond acceptors (Lipinski definition) is 3. The van der Waals surface area contributed by atoms with Crippen LogP contribution in [0.15, 0.2) is 0 Å². The van der Waals surface area contributed by atoms with Gasteiger partial charge in [-0.05, 0) is 32.2 Å². The standard InChI is InChI=1S/C13H19F3N2O3/c14-13(15,16)8-17-5-1-3-9(7-17)11(19)18-6-2-4-10(18)12(20)21/h9-10H,1-8H2,(H,20,21)/t9?,10-/m1/s1. The molecule has 2 rings (SSSR count). The number of carbonyl (C=O) groups excluding carboxylic acids is 1. The van der Waals surface area contributed by atoms with E-state index in [9.17, 15) is 22.8 Å². The molecule has 1 N–H and O–H groups in total. The Hall–Kier alpha value is -1.31. The zero-order valence-electron chi connectivity index (χ0n) is 11.6. The van der Waals surface area contributed by atoms with E-state index in [1.807, 2.05) is 0 Å². The quantitative estimate of drug-likeness (QED) is 0.854. The van der Waals surface area contributed by atoms with Crippen LogP contribution in [0.4, 0.5) is 13.2 Å².